The van der Waals surface area contributed by atoms with E-state index in [1.165, 1.54) is 4.90 Å². The summed E-state index contributed by atoms with van der Waals surface area (Å²) in [6, 6.07) is 3.10. The van der Waals surface area contributed by atoms with Gasteiger partial charge in [-0.15, -0.1) is 11.3 Å². The number of carbonyl (C=O) groups is 1. The number of nitrogens with two attached hydrogens (primary N) is 1. The van der Waals surface area contributed by atoms with Crippen LogP contribution in [0, 0.1) is 0 Å². The molecule has 1 rings (SSSR count). The van der Waals surface area contributed by atoms with E-state index in [9.17, 15) is 13.2 Å². The predicted molar refractivity (Wildman–Crippen MR) is 73.1 cm³/mol. The Morgan fingerprint density at radius 2 is 2.22 bits per heavy atom. The third-order valence-corrected chi connectivity index (χ3v) is 4.30. The molecule has 5 nitrogen and oxygen atoms in total. The average molecular weight is 290 g/mol. The van der Waals surface area contributed by atoms with Crippen molar-refractivity contribution >= 4 is 27.1 Å². The molecule has 0 fully saturated rings. The van der Waals surface area contributed by atoms with Gasteiger partial charge >= 0.3 is 0 Å². The highest BCUT2D eigenvalue weighted by Crippen LogP contribution is 2.11. The molecular weight excluding hydrogens is 272 g/mol. The molecule has 0 aliphatic carbocycles. The van der Waals surface area contributed by atoms with E-state index in [1.807, 2.05) is 17.5 Å². The van der Waals surface area contributed by atoms with Crippen molar-refractivity contribution in [3.63, 3.8) is 0 Å². The van der Waals surface area contributed by atoms with Gasteiger partial charge in [0, 0.05) is 18.2 Å². The molecule has 1 atom stereocenters. The molecule has 0 aromatic carbocycles. The second kappa shape index (κ2) is 6.31. The number of thiophene rings is 1. The first kappa shape index (κ1) is 15.1. The minimum Gasteiger partial charge on any atom is -0.339 e. The highest BCUT2D eigenvalue weighted by atomic mass is 32.2. The van der Waals surface area contributed by atoms with Gasteiger partial charge in [-0.05, 0) is 17.9 Å². The van der Waals surface area contributed by atoms with Crippen molar-refractivity contribution in [2.75, 3.05) is 19.1 Å². The number of hydrogen-bond donors (Lipinski definition) is 1. The monoisotopic (exact) mass is 290 g/mol. The van der Waals surface area contributed by atoms with Gasteiger partial charge in [0.2, 0.25) is 5.91 Å². The maximum absolute atomic E-state index is 11.9. The summed E-state index contributed by atoms with van der Waals surface area (Å²) in [6.07, 6.45) is 1.30. The number of hydrogen-bond acceptors (Lipinski definition) is 5. The number of sulfone groups is 1. The second-order valence-electron chi connectivity index (χ2n) is 4.30. The fourth-order valence-corrected chi connectivity index (χ4v) is 2.90. The predicted octanol–water partition coefficient (Wildman–Crippen LogP) is 0.469. The molecule has 102 valence electrons. The summed E-state index contributed by atoms with van der Waals surface area (Å²) in [4.78, 5) is 14.5. The van der Waals surface area contributed by atoms with Crippen LogP contribution in [0.25, 0.3) is 0 Å². The van der Waals surface area contributed by atoms with Crippen molar-refractivity contribution in [2.45, 2.75) is 19.0 Å². The quantitative estimate of drug-likeness (QED) is 0.826. The molecule has 2 N–H and O–H groups in total. The first-order valence-corrected chi connectivity index (χ1v) is 8.44. The van der Waals surface area contributed by atoms with Crippen LogP contribution < -0.4 is 5.73 Å². The van der Waals surface area contributed by atoms with Crippen LogP contribution >= 0.6 is 11.3 Å². The smallest absolute Gasteiger partial charge is 0.239 e. The highest BCUT2D eigenvalue weighted by molar-refractivity contribution is 7.90. The summed E-state index contributed by atoms with van der Waals surface area (Å²) >= 11 is 1.57. The molecular formula is C11H18N2O3S2. The lowest BCUT2D eigenvalue weighted by molar-refractivity contribution is -0.131. The normalized spacial score (nSPS) is 13.3. The lowest BCUT2D eigenvalue weighted by Gasteiger charge is -2.20. The number of likely N-dealkylation sites (N-methyl/N-ethyl adjacent to an activating group) is 1. The topological polar surface area (TPSA) is 80.5 Å². The van der Waals surface area contributed by atoms with Crippen molar-refractivity contribution in [3.05, 3.63) is 22.4 Å². The minimum absolute atomic E-state index is 0.0627. The van der Waals surface area contributed by atoms with E-state index in [4.69, 9.17) is 5.73 Å². The van der Waals surface area contributed by atoms with Crippen LogP contribution in [0.3, 0.4) is 0 Å². The van der Waals surface area contributed by atoms with Gasteiger partial charge in [0.25, 0.3) is 0 Å². The molecule has 0 saturated carbocycles. The fourth-order valence-electron chi connectivity index (χ4n) is 1.46. The van der Waals surface area contributed by atoms with Gasteiger partial charge in [-0.3, -0.25) is 4.79 Å². The van der Waals surface area contributed by atoms with Gasteiger partial charge in [0.15, 0.2) is 0 Å². The van der Waals surface area contributed by atoms with Crippen LogP contribution in [0.5, 0.6) is 0 Å². The first-order chi connectivity index (χ1) is 8.29. The Labute approximate surface area is 112 Å². The molecule has 0 aliphatic heterocycles. The third-order valence-electron chi connectivity index (χ3n) is 2.47. The van der Waals surface area contributed by atoms with E-state index in [0.29, 0.717) is 6.54 Å². The zero-order chi connectivity index (χ0) is 13.8. The van der Waals surface area contributed by atoms with Gasteiger partial charge in [0.05, 0.1) is 18.3 Å². The summed E-state index contributed by atoms with van der Waals surface area (Å²) in [5.74, 6) is -0.292. The van der Waals surface area contributed by atoms with Crippen molar-refractivity contribution in [1.29, 1.82) is 0 Å². The molecule has 0 unspecified atom stereocenters. The van der Waals surface area contributed by atoms with E-state index in [2.05, 4.69) is 0 Å². The average Bonchev–Trinajstić information content (AvgIpc) is 2.76. The number of carbonyl (C=O) groups excluding carboxylic acids is 1. The van der Waals surface area contributed by atoms with Crippen LogP contribution in [-0.2, 0) is 21.2 Å². The van der Waals surface area contributed by atoms with Gasteiger partial charge in [-0.2, -0.15) is 0 Å². The standard InChI is InChI=1S/C11H18N2O3S2/c1-13(8-9-4-3-6-17-9)11(14)10(12)5-7-18(2,15)16/h3-4,6,10H,5,7-8,12H2,1-2H3/t10-/m0/s1. The van der Waals surface area contributed by atoms with E-state index in [0.717, 1.165) is 11.1 Å². The van der Waals surface area contributed by atoms with Gasteiger partial charge < -0.3 is 10.6 Å². The first-order valence-electron chi connectivity index (χ1n) is 5.50. The largest absolute Gasteiger partial charge is 0.339 e. The Bertz CT molecular complexity index is 482. The Hall–Kier alpha value is -0.920. The van der Waals surface area contributed by atoms with Crippen molar-refractivity contribution < 1.29 is 13.2 Å². The van der Waals surface area contributed by atoms with Gasteiger partial charge in [-0.1, -0.05) is 6.07 Å². The number of rotatable bonds is 6. The molecule has 0 aliphatic rings. The van der Waals surface area contributed by atoms with Crippen LogP contribution in [0.15, 0.2) is 17.5 Å². The van der Waals surface area contributed by atoms with Gasteiger partial charge in [0.1, 0.15) is 9.84 Å². The van der Waals surface area contributed by atoms with Crippen LogP contribution in [0.4, 0.5) is 0 Å². The zero-order valence-corrected chi connectivity index (χ0v) is 12.1. The van der Waals surface area contributed by atoms with Crippen molar-refractivity contribution in [2.24, 2.45) is 5.73 Å². The molecule has 7 heteroatoms. The fraction of sp³-hybridized carbons (Fsp3) is 0.545. The molecule has 18 heavy (non-hydrogen) atoms. The van der Waals surface area contributed by atoms with Crippen LogP contribution in [-0.4, -0.2) is 44.3 Å². The lowest BCUT2D eigenvalue weighted by Crippen LogP contribution is -2.42. The number of amides is 1. The Kier molecular flexibility index (Phi) is 5.30. The maximum atomic E-state index is 11.9. The summed E-state index contributed by atoms with van der Waals surface area (Å²) < 4.78 is 22.0. The molecule has 0 spiro atoms. The lowest BCUT2D eigenvalue weighted by atomic mass is 10.2. The Morgan fingerprint density at radius 1 is 1.56 bits per heavy atom. The SMILES string of the molecule is CN(Cc1cccs1)C(=O)[C@@H](N)CCS(C)(=O)=O. The summed E-state index contributed by atoms with van der Waals surface area (Å²) in [5, 5.41) is 1.94. The molecule has 1 amide bonds. The van der Waals surface area contributed by atoms with E-state index in [1.54, 1.807) is 18.4 Å². The van der Waals surface area contributed by atoms with Crippen LogP contribution in [0.1, 0.15) is 11.3 Å². The van der Waals surface area contributed by atoms with E-state index >= 15 is 0 Å². The Morgan fingerprint density at radius 3 is 2.72 bits per heavy atom. The maximum Gasteiger partial charge on any atom is 0.239 e. The third kappa shape index (κ3) is 5.16. The minimum atomic E-state index is -3.08. The molecule has 0 bridgehead atoms. The van der Waals surface area contributed by atoms with E-state index in [-0.39, 0.29) is 18.1 Å². The van der Waals surface area contributed by atoms with E-state index < -0.39 is 15.9 Å². The molecule has 1 heterocycles. The van der Waals surface area contributed by atoms with Gasteiger partial charge in [-0.25, -0.2) is 8.42 Å². The second-order valence-corrected chi connectivity index (χ2v) is 7.59. The van der Waals surface area contributed by atoms with Crippen molar-refractivity contribution in [3.8, 4) is 0 Å². The Balaban J connectivity index is 2.47. The van der Waals surface area contributed by atoms with Crippen LogP contribution in [0.2, 0.25) is 0 Å². The number of nitrogens with zero attached hydrogens (tertiary/aromatic N) is 1. The molecule has 0 radical (unpaired) electrons. The summed E-state index contributed by atoms with van der Waals surface area (Å²) in [7, 11) is -1.41. The molecule has 1 aromatic heterocycles. The summed E-state index contributed by atoms with van der Waals surface area (Å²) in [6.45, 7) is 0.503. The molecule has 0 saturated heterocycles. The highest BCUT2D eigenvalue weighted by Gasteiger charge is 2.19. The molecule has 1 aromatic rings. The zero-order valence-electron chi connectivity index (χ0n) is 10.5. The summed E-state index contributed by atoms with van der Waals surface area (Å²) in [5.41, 5.74) is 5.70. The van der Waals surface area contributed by atoms with Crippen molar-refractivity contribution in [1.82, 2.24) is 4.90 Å².